The second kappa shape index (κ2) is 5.51. The summed E-state index contributed by atoms with van der Waals surface area (Å²) in [6.45, 7) is 6.27. The lowest BCUT2D eigenvalue weighted by atomic mass is 9.96. The number of rotatable bonds is 3. The third-order valence-corrected chi connectivity index (χ3v) is 3.80. The highest BCUT2D eigenvalue weighted by Gasteiger charge is 2.32. The van der Waals surface area contributed by atoms with Crippen LogP contribution < -0.4 is 5.32 Å². The molecule has 94 valence electrons. The fourth-order valence-electron chi connectivity index (χ4n) is 2.43. The van der Waals surface area contributed by atoms with Crippen LogP contribution in [0.25, 0.3) is 0 Å². The molecule has 0 spiro atoms. The van der Waals surface area contributed by atoms with E-state index in [4.69, 9.17) is 4.74 Å². The molecule has 0 saturated carbocycles. The zero-order chi connectivity index (χ0) is 12.3. The van der Waals surface area contributed by atoms with Crippen molar-refractivity contribution in [2.45, 2.75) is 38.4 Å². The first kappa shape index (κ1) is 13.1. The Kier molecular flexibility index (Phi) is 4.23. The van der Waals surface area contributed by atoms with Crippen LogP contribution in [-0.2, 0) is 4.74 Å². The number of morpholine rings is 1. The SMILES string of the molecule is CCCC1(C)CNCC(c2ccc(Br)cc2)O1. The lowest BCUT2D eigenvalue weighted by Gasteiger charge is -2.39. The van der Waals surface area contributed by atoms with E-state index in [1.165, 1.54) is 5.56 Å². The van der Waals surface area contributed by atoms with Crippen molar-refractivity contribution in [3.05, 3.63) is 34.3 Å². The number of hydrogen-bond donors (Lipinski definition) is 1. The lowest BCUT2D eigenvalue weighted by molar-refractivity contribution is -0.112. The quantitative estimate of drug-likeness (QED) is 0.919. The molecule has 1 aromatic carbocycles. The average Bonchev–Trinajstić information content (AvgIpc) is 2.30. The molecule has 17 heavy (non-hydrogen) atoms. The zero-order valence-electron chi connectivity index (χ0n) is 10.5. The Morgan fingerprint density at radius 1 is 1.41 bits per heavy atom. The maximum atomic E-state index is 6.26. The summed E-state index contributed by atoms with van der Waals surface area (Å²) < 4.78 is 7.37. The van der Waals surface area contributed by atoms with E-state index in [9.17, 15) is 0 Å². The summed E-state index contributed by atoms with van der Waals surface area (Å²) in [4.78, 5) is 0. The first-order valence-corrected chi connectivity index (χ1v) is 7.06. The number of ether oxygens (including phenoxy) is 1. The number of benzene rings is 1. The highest BCUT2D eigenvalue weighted by atomic mass is 79.9. The summed E-state index contributed by atoms with van der Waals surface area (Å²) in [6.07, 6.45) is 2.44. The van der Waals surface area contributed by atoms with Gasteiger partial charge in [0.25, 0.3) is 0 Å². The molecule has 2 atom stereocenters. The largest absolute Gasteiger partial charge is 0.365 e. The average molecular weight is 298 g/mol. The number of halogens is 1. The molecule has 1 N–H and O–H groups in total. The van der Waals surface area contributed by atoms with E-state index in [-0.39, 0.29) is 11.7 Å². The summed E-state index contributed by atoms with van der Waals surface area (Å²) in [5.74, 6) is 0. The Hall–Kier alpha value is -0.380. The Bertz CT molecular complexity index is 361. The van der Waals surface area contributed by atoms with Crippen LogP contribution in [-0.4, -0.2) is 18.7 Å². The van der Waals surface area contributed by atoms with E-state index in [1.54, 1.807) is 0 Å². The van der Waals surface area contributed by atoms with Gasteiger partial charge in [-0.1, -0.05) is 41.4 Å². The van der Waals surface area contributed by atoms with Crippen LogP contribution in [0.1, 0.15) is 38.4 Å². The predicted octanol–water partition coefficient (Wildman–Crippen LogP) is 3.67. The van der Waals surface area contributed by atoms with Gasteiger partial charge in [0, 0.05) is 17.6 Å². The topological polar surface area (TPSA) is 21.3 Å². The van der Waals surface area contributed by atoms with Crippen molar-refractivity contribution >= 4 is 15.9 Å². The van der Waals surface area contributed by atoms with Gasteiger partial charge in [0.15, 0.2) is 0 Å². The molecule has 0 amide bonds. The Morgan fingerprint density at radius 3 is 2.76 bits per heavy atom. The van der Waals surface area contributed by atoms with Gasteiger partial charge < -0.3 is 10.1 Å². The first-order chi connectivity index (χ1) is 8.13. The summed E-state index contributed by atoms with van der Waals surface area (Å²) in [7, 11) is 0. The zero-order valence-corrected chi connectivity index (χ0v) is 12.1. The van der Waals surface area contributed by atoms with Crippen LogP contribution in [0.2, 0.25) is 0 Å². The maximum Gasteiger partial charge on any atom is 0.0957 e. The van der Waals surface area contributed by atoms with Crippen molar-refractivity contribution < 1.29 is 4.74 Å². The van der Waals surface area contributed by atoms with Crippen molar-refractivity contribution in [1.82, 2.24) is 5.32 Å². The van der Waals surface area contributed by atoms with Gasteiger partial charge in [-0.05, 0) is 31.0 Å². The van der Waals surface area contributed by atoms with Crippen molar-refractivity contribution in [2.24, 2.45) is 0 Å². The molecule has 1 saturated heterocycles. The molecule has 1 heterocycles. The van der Waals surface area contributed by atoms with Crippen LogP contribution in [0.4, 0.5) is 0 Å². The van der Waals surface area contributed by atoms with E-state index in [2.05, 4.69) is 59.4 Å². The smallest absolute Gasteiger partial charge is 0.0957 e. The third kappa shape index (κ3) is 3.30. The van der Waals surface area contributed by atoms with Crippen LogP contribution in [0.5, 0.6) is 0 Å². The molecule has 1 aliphatic rings. The molecule has 2 unspecified atom stereocenters. The summed E-state index contributed by atoms with van der Waals surface area (Å²) in [5.41, 5.74) is 1.23. The van der Waals surface area contributed by atoms with Crippen molar-refractivity contribution in [3.8, 4) is 0 Å². The van der Waals surface area contributed by atoms with E-state index >= 15 is 0 Å². The normalized spacial score (nSPS) is 29.2. The molecule has 0 bridgehead atoms. The number of hydrogen-bond acceptors (Lipinski definition) is 2. The van der Waals surface area contributed by atoms with E-state index in [1.807, 2.05) is 0 Å². The molecule has 3 heteroatoms. The van der Waals surface area contributed by atoms with Gasteiger partial charge in [0.2, 0.25) is 0 Å². The molecule has 0 aromatic heterocycles. The fourth-order valence-corrected chi connectivity index (χ4v) is 2.70. The Labute approximate surface area is 112 Å². The predicted molar refractivity (Wildman–Crippen MR) is 74.2 cm³/mol. The second-order valence-electron chi connectivity index (χ2n) is 4.99. The minimum absolute atomic E-state index is 0.0231. The Morgan fingerprint density at radius 2 is 2.12 bits per heavy atom. The van der Waals surface area contributed by atoms with Crippen molar-refractivity contribution in [3.63, 3.8) is 0 Å². The van der Waals surface area contributed by atoms with E-state index < -0.39 is 0 Å². The van der Waals surface area contributed by atoms with Gasteiger partial charge in [-0.25, -0.2) is 0 Å². The standard InChI is InChI=1S/C14H20BrNO/c1-3-8-14(2)10-16-9-13(17-14)11-4-6-12(15)7-5-11/h4-7,13,16H,3,8-10H2,1-2H3. The molecule has 2 nitrogen and oxygen atoms in total. The van der Waals surface area contributed by atoms with Gasteiger partial charge in [-0.3, -0.25) is 0 Å². The third-order valence-electron chi connectivity index (χ3n) is 3.28. The van der Waals surface area contributed by atoms with Crippen LogP contribution in [0, 0.1) is 0 Å². The Balaban J connectivity index is 2.09. The lowest BCUT2D eigenvalue weighted by Crippen LogP contribution is -2.48. The summed E-state index contributed by atoms with van der Waals surface area (Å²) in [5, 5.41) is 3.49. The fraction of sp³-hybridized carbons (Fsp3) is 0.571. The van der Waals surface area contributed by atoms with E-state index in [0.29, 0.717) is 0 Å². The van der Waals surface area contributed by atoms with Crippen LogP contribution in [0.15, 0.2) is 28.7 Å². The van der Waals surface area contributed by atoms with E-state index in [0.717, 1.165) is 30.4 Å². The molecule has 2 rings (SSSR count). The molecule has 1 fully saturated rings. The maximum absolute atomic E-state index is 6.26. The summed E-state index contributed by atoms with van der Waals surface area (Å²) in [6, 6.07) is 8.41. The highest BCUT2D eigenvalue weighted by molar-refractivity contribution is 9.10. The van der Waals surface area contributed by atoms with Crippen molar-refractivity contribution in [2.75, 3.05) is 13.1 Å². The molecule has 1 aliphatic heterocycles. The highest BCUT2D eigenvalue weighted by Crippen LogP contribution is 2.30. The molecular formula is C14H20BrNO. The van der Waals surface area contributed by atoms with Gasteiger partial charge >= 0.3 is 0 Å². The van der Waals surface area contributed by atoms with Gasteiger partial charge in [-0.15, -0.1) is 0 Å². The molecule has 0 radical (unpaired) electrons. The van der Waals surface area contributed by atoms with Crippen molar-refractivity contribution in [1.29, 1.82) is 0 Å². The molecular weight excluding hydrogens is 278 g/mol. The first-order valence-electron chi connectivity index (χ1n) is 6.27. The van der Waals surface area contributed by atoms with Gasteiger partial charge in [-0.2, -0.15) is 0 Å². The van der Waals surface area contributed by atoms with Crippen LogP contribution >= 0.6 is 15.9 Å². The number of nitrogens with one attached hydrogen (secondary N) is 1. The van der Waals surface area contributed by atoms with Gasteiger partial charge in [0.1, 0.15) is 0 Å². The summed E-state index contributed by atoms with van der Waals surface area (Å²) >= 11 is 3.46. The monoisotopic (exact) mass is 297 g/mol. The second-order valence-corrected chi connectivity index (χ2v) is 5.90. The molecule has 0 aliphatic carbocycles. The van der Waals surface area contributed by atoms with Crippen LogP contribution in [0.3, 0.4) is 0 Å². The minimum Gasteiger partial charge on any atom is -0.365 e. The minimum atomic E-state index is -0.0231. The molecule has 1 aromatic rings. The van der Waals surface area contributed by atoms with Gasteiger partial charge in [0.05, 0.1) is 11.7 Å².